The maximum absolute atomic E-state index is 13.2. The highest BCUT2D eigenvalue weighted by Crippen LogP contribution is 2.18. The Kier molecular flexibility index (Phi) is 5.75. The molecule has 25 heavy (non-hydrogen) atoms. The van der Waals surface area contributed by atoms with E-state index in [9.17, 15) is 14.0 Å². The number of hydrogen-bond donors (Lipinski definition) is 2. The van der Waals surface area contributed by atoms with Gasteiger partial charge in [-0.05, 0) is 50.6 Å². The summed E-state index contributed by atoms with van der Waals surface area (Å²) in [5.74, 6) is -0.882. The molecule has 0 aliphatic carbocycles. The normalized spacial score (nSPS) is 12.2. The molecule has 5 nitrogen and oxygen atoms in total. The smallest absolute Gasteiger partial charge is 0.408 e. The van der Waals surface area contributed by atoms with Crippen molar-refractivity contribution in [2.45, 2.75) is 32.4 Å². The van der Waals surface area contributed by atoms with Crippen molar-refractivity contribution in [3.63, 3.8) is 0 Å². The number of anilines is 1. The van der Waals surface area contributed by atoms with Crippen LogP contribution in [-0.4, -0.2) is 17.6 Å². The highest BCUT2D eigenvalue weighted by Gasteiger charge is 2.26. The second-order valence-corrected chi connectivity index (χ2v) is 6.49. The summed E-state index contributed by atoms with van der Waals surface area (Å²) < 4.78 is 18.4. The molecule has 2 N–H and O–H groups in total. The third kappa shape index (κ3) is 5.91. The van der Waals surface area contributed by atoms with Gasteiger partial charge in [0, 0.05) is 5.69 Å². The molecule has 1 atom stereocenters. The number of carbonyl (C=O) groups is 2. The van der Waals surface area contributed by atoms with Crippen LogP contribution in [0.15, 0.2) is 54.6 Å². The SMILES string of the molecule is CC(C)(C)OC(=O)NC(C(=O)Nc1ccccc1)c1ccc(F)cc1. The van der Waals surface area contributed by atoms with Crippen molar-refractivity contribution in [3.05, 3.63) is 66.0 Å². The first-order valence-corrected chi connectivity index (χ1v) is 7.85. The molecule has 0 radical (unpaired) electrons. The summed E-state index contributed by atoms with van der Waals surface area (Å²) in [7, 11) is 0. The predicted molar refractivity (Wildman–Crippen MR) is 93.6 cm³/mol. The minimum Gasteiger partial charge on any atom is -0.444 e. The number of hydrogen-bond acceptors (Lipinski definition) is 3. The van der Waals surface area contributed by atoms with Crippen LogP contribution in [0.25, 0.3) is 0 Å². The topological polar surface area (TPSA) is 67.4 Å². The van der Waals surface area contributed by atoms with Crippen LogP contribution in [0.3, 0.4) is 0 Å². The zero-order chi connectivity index (χ0) is 18.4. The predicted octanol–water partition coefficient (Wildman–Crippen LogP) is 4.03. The van der Waals surface area contributed by atoms with E-state index in [1.807, 2.05) is 6.07 Å². The molecule has 0 aliphatic heterocycles. The molecule has 0 bridgehead atoms. The number of amides is 2. The Morgan fingerprint density at radius 3 is 2.16 bits per heavy atom. The van der Waals surface area contributed by atoms with Crippen molar-refractivity contribution in [1.29, 1.82) is 0 Å². The van der Waals surface area contributed by atoms with Gasteiger partial charge in [-0.25, -0.2) is 9.18 Å². The summed E-state index contributed by atoms with van der Waals surface area (Å²) in [6, 6.07) is 13.2. The number of ether oxygens (including phenoxy) is 1. The molecule has 0 aromatic heterocycles. The molecule has 132 valence electrons. The second-order valence-electron chi connectivity index (χ2n) is 6.49. The molecule has 2 aromatic rings. The van der Waals surface area contributed by atoms with E-state index in [1.165, 1.54) is 24.3 Å². The second kappa shape index (κ2) is 7.79. The van der Waals surface area contributed by atoms with Gasteiger partial charge in [-0.3, -0.25) is 4.79 Å². The number of halogens is 1. The van der Waals surface area contributed by atoms with Crippen LogP contribution in [0.2, 0.25) is 0 Å². The third-order valence-electron chi connectivity index (χ3n) is 3.17. The van der Waals surface area contributed by atoms with E-state index in [2.05, 4.69) is 10.6 Å². The van der Waals surface area contributed by atoms with E-state index in [1.54, 1.807) is 45.0 Å². The molecular weight excluding hydrogens is 323 g/mol. The summed E-state index contributed by atoms with van der Waals surface area (Å²) in [5, 5.41) is 5.25. The first kappa shape index (κ1) is 18.4. The van der Waals surface area contributed by atoms with E-state index in [4.69, 9.17) is 4.74 Å². The van der Waals surface area contributed by atoms with Gasteiger partial charge in [-0.1, -0.05) is 30.3 Å². The number of nitrogens with one attached hydrogen (secondary N) is 2. The van der Waals surface area contributed by atoms with Crippen molar-refractivity contribution in [2.75, 3.05) is 5.32 Å². The van der Waals surface area contributed by atoms with Crippen LogP contribution >= 0.6 is 0 Å². The minimum atomic E-state index is -1.02. The number of carbonyl (C=O) groups excluding carboxylic acids is 2. The van der Waals surface area contributed by atoms with Gasteiger partial charge >= 0.3 is 6.09 Å². The molecule has 0 aliphatic rings. The quantitative estimate of drug-likeness (QED) is 0.880. The lowest BCUT2D eigenvalue weighted by atomic mass is 10.1. The standard InChI is InChI=1S/C19H21FN2O3/c1-19(2,3)25-18(24)22-16(13-9-11-14(20)12-10-13)17(23)21-15-7-5-4-6-8-15/h4-12,16H,1-3H3,(H,21,23)(H,22,24). The molecule has 0 heterocycles. The third-order valence-corrected chi connectivity index (χ3v) is 3.17. The monoisotopic (exact) mass is 344 g/mol. The van der Waals surface area contributed by atoms with Gasteiger partial charge in [0.15, 0.2) is 0 Å². The van der Waals surface area contributed by atoms with Crippen molar-refractivity contribution >= 4 is 17.7 Å². The van der Waals surface area contributed by atoms with Crippen LogP contribution in [0, 0.1) is 5.82 Å². The van der Waals surface area contributed by atoms with Crippen LogP contribution in [0.1, 0.15) is 32.4 Å². The van der Waals surface area contributed by atoms with Gasteiger partial charge in [-0.2, -0.15) is 0 Å². The lowest BCUT2D eigenvalue weighted by Crippen LogP contribution is -2.40. The average molecular weight is 344 g/mol. The van der Waals surface area contributed by atoms with E-state index < -0.39 is 29.5 Å². The molecular formula is C19H21FN2O3. The van der Waals surface area contributed by atoms with Crippen molar-refractivity contribution in [3.8, 4) is 0 Å². The Bertz CT molecular complexity index is 725. The Morgan fingerprint density at radius 2 is 1.60 bits per heavy atom. The largest absolute Gasteiger partial charge is 0.444 e. The fraction of sp³-hybridized carbons (Fsp3) is 0.263. The molecule has 1 unspecified atom stereocenters. The number of benzene rings is 2. The average Bonchev–Trinajstić information content (AvgIpc) is 2.53. The van der Waals surface area contributed by atoms with Gasteiger partial charge in [0.25, 0.3) is 5.91 Å². The van der Waals surface area contributed by atoms with E-state index in [-0.39, 0.29) is 0 Å². The Morgan fingerprint density at radius 1 is 1.00 bits per heavy atom. The van der Waals surface area contributed by atoms with E-state index in [0.717, 1.165) is 0 Å². The van der Waals surface area contributed by atoms with Crippen LogP contribution < -0.4 is 10.6 Å². The fourth-order valence-corrected chi connectivity index (χ4v) is 2.12. The summed E-state index contributed by atoms with van der Waals surface area (Å²) in [5.41, 5.74) is 0.333. The van der Waals surface area contributed by atoms with Crippen LogP contribution in [0.4, 0.5) is 14.9 Å². The molecule has 0 spiro atoms. The fourth-order valence-electron chi connectivity index (χ4n) is 2.12. The number of para-hydroxylation sites is 1. The highest BCUT2D eigenvalue weighted by molar-refractivity contribution is 5.97. The zero-order valence-electron chi connectivity index (χ0n) is 14.4. The summed E-state index contributed by atoms with van der Waals surface area (Å²) >= 11 is 0. The van der Waals surface area contributed by atoms with Gasteiger partial charge in [0.05, 0.1) is 0 Å². The first-order valence-electron chi connectivity index (χ1n) is 7.85. The molecule has 2 amide bonds. The Balaban J connectivity index is 2.20. The van der Waals surface area contributed by atoms with Crippen molar-refractivity contribution < 1.29 is 18.7 Å². The molecule has 2 rings (SSSR count). The van der Waals surface area contributed by atoms with Crippen molar-refractivity contribution in [1.82, 2.24) is 5.32 Å². The Hall–Kier alpha value is -2.89. The highest BCUT2D eigenvalue weighted by atomic mass is 19.1. The van der Waals surface area contributed by atoms with E-state index in [0.29, 0.717) is 11.3 Å². The number of rotatable bonds is 4. The molecule has 0 saturated heterocycles. The maximum atomic E-state index is 13.2. The summed E-state index contributed by atoms with van der Waals surface area (Å²) in [6.45, 7) is 5.18. The lowest BCUT2D eigenvalue weighted by molar-refractivity contribution is -0.118. The molecule has 2 aromatic carbocycles. The van der Waals surface area contributed by atoms with Gasteiger partial charge < -0.3 is 15.4 Å². The lowest BCUT2D eigenvalue weighted by Gasteiger charge is -2.23. The first-order chi connectivity index (χ1) is 11.7. The maximum Gasteiger partial charge on any atom is 0.408 e. The van der Waals surface area contributed by atoms with Crippen LogP contribution in [0.5, 0.6) is 0 Å². The van der Waals surface area contributed by atoms with Crippen LogP contribution in [-0.2, 0) is 9.53 Å². The molecule has 0 fully saturated rings. The zero-order valence-corrected chi connectivity index (χ0v) is 14.4. The number of alkyl carbamates (subject to hydrolysis) is 1. The minimum absolute atomic E-state index is 0.428. The Labute approximate surface area is 146 Å². The van der Waals surface area contributed by atoms with Gasteiger partial charge in [-0.15, -0.1) is 0 Å². The molecule has 0 saturated carbocycles. The summed E-state index contributed by atoms with van der Waals surface area (Å²) in [4.78, 5) is 24.7. The summed E-state index contributed by atoms with van der Waals surface area (Å²) in [6.07, 6.45) is -0.731. The van der Waals surface area contributed by atoms with Crippen molar-refractivity contribution in [2.24, 2.45) is 0 Å². The van der Waals surface area contributed by atoms with Gasteiger partial charge in [0.2, 0.25) is 0 Å². The molecule has 6 heteroatoms. The van der Waals surface area contributed by atoms with E-state index >= 15 is 0 Å². The van der Waals surface area contributed by atoms with Gasteiger partial charge in [0.1, 0.15) is 17.5 Å².